The first-order valence-corrected chi connectivity index (χ1v) is 6.62. The fraction of sp³-hybridized carbons (Fsp3) is 0.400. The van der Waals surface area contributed by atoms with Crippen molar-refractivity contribution in [1.29, 1.82) is 0 Å². The third kappa shape index (κ3) is 5.74. The molecule has 0 aliphatic carbocycles. The standard InChI is InChI=1S/C15H20N2O4/c1-4-8-17(11-14(18)21-5-2)10-13-7-6-12(9-16-13)15(19)20-3/h4,6-7,9H,1,5,8,10-11H2,2-3H3. The molecule has 0 aliphatic rings. The molecule has 1 heterocycles. The van der Waals surface area contributed by atoms with Crippen molar-refractivity contribution in [2.24, 2.45) is 0 Å². The van der Waals surface area contributed by atoms with Gasteiger partial charge in [-0.2, -0.15) is 0 Å². The number of methoxy groups -OCH3 is 1. The fourth-order valence-corrected chi connectivity index (χ4v) is 1.74. The van der Waals surface area contributed by atoms with Crippen molar-refractivity contribution >= 4 is 11.9 Å². The van der Waals surface area contributed by atoms with Crippen LogP contribution in [0.3, 0.4) is 0 Å². The number of nitrogens with zero attached hydrogens (tertiary/aromatic N) is 2. The molecule has 1 aromatic rings. The predicted molar refractivity (Wildman–Crippen MR) is 77.7 cm³/mol. The Labute approximate surface area is 124 Å². The molecule has 1 rings (SSSR count). The average molecular weight is 292 g/mol. The minimum Gasteiger partial charge on any atom is -0.465 e. The van der Waals surface area contributed by atoms with E-state index >= 15 is 0 Å². The van der Waals surface area contributed by atoms with E-state index in [4.69, 9.17) is 4.74 Å². The van der Waals surface area contributed by atoms with Crippen molar-refractivity contribution in [3.63, 3.8) is 0 Å². The summed E-state index contributed by atoms with van der Waals surface area (Å²) >= 11 is 0. The first-order valence-electron chi connectivity index (χ1n) is 6.62. The minimum atomic E-state index is -0.427. The van der Waals surface area contributed by atoms with Gasteiger partial charge in [-0.25, -0.2) is 4.79 Å². The van der Waals surface area contributed by atoms with Crippen molar-refractivity contribution in [2.45, 2.75) is 13.5 Å². The topological polar surface area (TPSA) is 68.7 Å². The van der Waals surface area contributed by atoms with Gasteiger partial charge in [-0.15, -0.1) is 6.58 Å². The largest absolute Gasteiger partial charge is 0.465 e. The number of pyridine rings is 1. The SMILES string of the molecule is C=CCN(CC(=O)OCC)Cc1ccc(C(=O)OC)cn1. The third-order valence-corrected chi connectivity index (χ3v) is 2.68. The maximum absolute atomic E-state index is 11.5. The van der Waals surface area contributed by atoms with Crippen LogP contribution in [-0.2, 0) is 20.8 Å². The molecule has 0 saturated carbocycles. The lowest BCUT2D eigenvalue weighted by Crippen LogP contribution is -2.31. The molecule has 0 unspecified atom stereocenters. The van der Waals surface area contributed by atoms with Crippen LogP contribution in [0.2, 0.25) is 0 Å². The van der Waals surface area contributed by atoms with E-state index in [1.165, 1.54) is 13.3 Å². The van der Waals surface area contributed by atoms with E-state index < -0.39 is 5.97 Å². The first kappa shape index (κ1) is 16.8. The molecule has 6 heteroatoms. The van der Waals surface area contributed by atoms with Crippen LogP contribution in [-0.4, -0.2) is 48.6 Å². The van der Waals surface area contributed by atoms with Gasteiger partial charge in [-0.1, -0.05) is 6.08 Å². The molecule has 0 spiro atoms. The van der Waals surface area contributed by atoms with E-state index in [1.54, 1.807) is 25.1 Å². The summed E-state index contributed by atoms with van der Waals surface area (Å²) in [5, 5.41) is 0. The second kappa shape index (κ2) is 8.86. The Balaban J connectivity index is 2.68. The monoisotopic (exact) mass is 292 g/mol. The summed E-state index contributed by atoms with van der Waals surface area (Å²) in [7, 11) is 1.32. The molecule has 0 N–H and O–H groups in total. The lowest BCUT2D eigenvalue weighted by atomic mass is 10.2. The van der Waals surface area contributed by atoms with Crippen LogP contribution in [0.4, 0.5) is 0 Å². The quantitative estimate of drug-likeness (QED) is 0.533. The van der Waals surface area contributed by atoms with Crippen LogP contribution in [0.1, 0.15) is 23.0 Å². The molecule has 0 atom stereocenters. The summed E-state index contributed by atoms with van der Waals surface area (Å²) in [6.45, 7) is 6.96. The van der Waals surface area contributed by atoms with Crippen LogP contribution in [0.25, 0.3) is 0 Å². The molecule has 114 valence electrons. The maximum atomic E-state index is 11.5. The highest BCUT2D eigenvalue weighted by Crippen LogP contribution is 2.05. The lowest BCUT2D eigenvalue weighted by Gasteiger charge is -2.19. The molecule has 6 nitrogen and oxygen atoms in total. The third-order valence-electron chi connectivity index (χ3n) is 2.68. The highest BCUT2D eigenvalue weighted by molar-refractivity contribution is 5.88. The van der Waals surface area contributed by atoms with Gasteiger partial charge in [0.15, 0.2) is 0 Å². The summed E-state index contributed by atoms with van der Waals surface area (Å²) in [6.07, 6.45) is 3.17. The van der Waals surface area contributed by atoms with E-state index in [0.29, 0.717) is 25.3 Å². The van der Waals surface area contributed by atoms with E-state index in [1.807, 2.05) is 4.90 Å². The number of aromatic nitrogens is 1. The summed E-state index contributed by atoms with van der Waals surface area (Å²) in [4.78, 5) is 28.9. The van der Waals surface area contributed by atoms with Gasteiger partial charge in [-0.3, -0.25) is 14.7 Å². The molecule has 0 bridgehead atoms. The Bertz CT molecular complexity index is 485. The van der Waals surface area contributed by atoms with Crippen molar-refractivity contribution in [3.8, 4) is 0 Å². The molecule has 0 fully saturated rings. The van der Waals surface area contributed by atoms with Gasteiger partial charge in [0.2, 0.25) is 0 Å². The van der Waals surface area contributed by atoms with Gasteiger partial charge >= 0.3 is 11.9 Å². The molecule has 0 aliphatic heterocycles. The summed E-state index contributed by atoms with van der Waals surface area (Å²) in [5.41, 5.74) is 1.13. The molecule has 1 aromatic heterocycles. The number of hydrogen-bond donors (Lipinski definition) is 0. The van der Waals surface area contributed by atoms with E-state index in [9.17, 15) is 9.59 Å². The Kier molecular flexibility index (Phi) is 7.11. The summed E-state index contributed by atoms with van der Waals surface area (Å²) in [5.74, 6) is -0.714. The van der Waals surface area contributed by atoms with Crippen LogP contribution in [0.5, 0.6) is 0 Å². The number of esters is 2. The molecule has 0 amide bonds. The van der Waals surface area contributed by atoms with Gasteiger partial charge in [0.1, 0.15) is 0 Å². The Morgan fingerprint density at radius 2 is 2.19 bits per heavy atom. The number of rotatable bonds is 8. The second-order valence-corrected chi connectivity index (χ2v) is 4.29. The highest BCUT2D eigenvalue weighted by Gasteiger charge is 2.12. The van der Waals surface area contributed by atoms with Gasteiger partial charge in [0.05, 0.1) is 31.5 Å². The summed E-state index contributed by atoms with van der Waals surface area (Å²) in [6, 6.07) is 3.37. The Morgan fingerprint density at radius 1 is 1.43 bits per heavy atom. The van der Waals surface area contributed by atoms with Crippen molar-refractivity contribution < 1.29 is 19.1 Å². The Hall–Kier alpha value is -2.21. The number of hydrogen-bond acceptors (Lipinski definition) is 6. The van der Waals surface area contributed by atoms with Crippen LogP contribution >= 0.6 is 0 Å². The van der Waals surface area contributed by atoms with Gasteiger partial charge < -0.3 is 9.47 Å². The predicted octanol–water partition coefficient (Wildman–Crippen LogP) is 1.42. The van der Waals surface area contributed by atoms with Crippen LogP contribution in [0, 0.1) is 0 Å². The number of carbonyl (C=O) groups excluding carboxylic acids is 2. The maximum Gasteiger partial charge on any atom is 0.339 e. The average Bonchev–Trinajstić information content (AvgIpc) is 2.47. The van der Waals surface area contributed by atoms with E-state index in [-0.39, 0.29) is 12.5 Å². The number of carbonyl (C=O) groups is 2. The second-order valence-electron chi connectivity index (χ2n) is 4.29. The zero-order valence-corrected chi connectivity index (χ0v) is 12.4. The molecule has 0 radical (unpaired) electrons. The van der Waals surface area contributed by atoms with E-state index in [2.05, 4.69) is 16.3 Å². The molecule has 0 saturated heterocycles. The number of ether oxygens (including phenoxy) is 2. The van der Waals surface area contributed by atoms with Crippen LogP contribution in [0.15, 0.2) is 31.0 Å². The molecular weight excluding hydrogens is 272 g/mol. The van der Waals surface area contributed by atoms with Crippen molar-refractivity contribution in [2.75, 3.05) is 26.8 Å². The van der Waals surface area contributed by atoms with Gasteiger partial charge in [0.25, 0.3) is 0 Å². The zero-order chi connectivity index (χ0) is 15.7. The molecule has 21 heavy (non-hydrogen) atoms. The lowest BCUT2D eigenvalue weighted by molar-refractivity contribution is -0.144. The van der Waals surface area contributed by atoms with Crippen molar-refractivity contribution in [1.82, 2.24) is 9.88 Å². The molecule has 0 aromatic carbocycles. The van der Waals surface area contributed by atoms with Gasteiger partial charge in [-0.05, 0) is 19.1 Å². The van der Waals surface area contributed by atoms with E-state index in [0.717, 1.165) is 5.69 Å². The fourth-order valence-electron chi connectivity index (χ4n) is 1.74. The van der Waals surface area contributed by atoms with Crippen molar-refractivity contribution in [3.05, 3.63) is 42.2 Å². The summed E-state index contributed by atoms with van der Waals surface area (Å²) < 4.78 is 9.54. The van der Waals surface area contributed by atoms with Gasteiger partial charge in [0, 0.05) is 19.3 Å². The van der Waals surface area contributed by atoms with Crippen LogP contribution < -0.4 is 0 Å². The Morgan fingerprint density at radius 3 is 2.71 bits per heavy atom. The minimum absolute atomic E-state index is 0.167. The zero-order valence-electron chi connectivity index (χ0n) is 12.4. The normalized spacial score (nSPS) is 10.2. The smallest absolute Gasteiger partial charge is 0.339 e. The molecular formula is C15H20N2O4. The highest BCUT2D eigenvalue weighted by atomic mass is 16.5. The first-order chi connectivity index (χ1) is 10.1.